The maximum atomic E-state index is 15.3. The minimum atomic E-state index is -0.407. The average Bonchev–Trinajstić information content (AvgIpc) is 3.10. The number of urea groups is 1. The molecule has 0 saturated heterocycles. The van der Waals surface area contributed by atoms with E-state index in [1.807, 2.05) is 6.92 Å². The average molecular weight is 421 g/mol. The van der Waals surface area contributed by atoms with Crippen molar-refractivity contribution in [3.05, 3.63) is 57.8 Å². The van der Waals surface area contributed by atoms with Gasteiger partial charge in [-0.15, -0.1) is 10.2 Å². The molecular formula is C19H18ClFN4O2S. The summed E-state index contributed by atoms with van der Waals surface area (Å²) in [5, 5.41) is 14.6. The molecule has 0 aliphatic rings. The second-order valence-corrected chi connectivity index (χ2v) is 7.29. The molecule has 2 amide bonds. The lowest BCUT2D eigenvalue weighted by molar-refractivity contribution is 0.252. The number of methoxy groups -OCH3 is 1. The van der Waals surface area contributed by atoms with E-state index >= 15 is 4.39 Å². The minimum Gasteiger partial charge on any atom is -0.496 e. The molecule has 0 aliphatic heterocycles. The van der Waals surface area contributed by atoms with Gasteiger partial charge in [-0.05, 0) is 36.2 Å². The molecule has 28 heavy (non-hydrogen) atoms. The number of benzene rings is 2. The molecule has 2 aromatic carbocycles. The van der Waals surface area contributed by atoms with Crippen molar-refractivity contribution in [2.45, 2.75) is 13.3 Å². The standard InChI is InChI=1S/C19H18ClFN4O2S/c1-3-22-18(26)23-19-25-24-15(28-19)10-12-7-8-14(27-2)16(17(12)21)11-5-4-6-13(20)9-11/h4-9H,3,10H2,1-2H3,(H2,22,23,25,26). The summed E-state index contributed by atoms with van der Waals surface area (Å²) in [7, 11) is 1.49. The fourth-order valence-corrected chi connectivity index (χ4v) is 3.61. The number of anilines is 1. The molecule has 9 heteroatoms. The third-order valence-corrected chi connectivity index (χ3v) is 4.96. The van der Waals surface area contributed by atoms with Gasteiger partial charge in [0.15, 0.2) is 0 Å². The Hall–Kier alpha value is -2.71. The van der Waals surface area contributed by atoms with Crippen LogP contribution in [0.5, 0.6) is 5.75 Å². The molecule has 146 valence electrons. The number of carbonyl (C=O) groups is 1. The van der Waals surface area contributed by atoms with Crippen molar-refractivity contribution in [2.24, 2.45) is 0 Å². The van der Waals surface area contributed by atoms with Crippen molar-refractivity contribution in [3.8, 4) is 16.9 Å². The summed E-state index contributed by atoms with van der Waals surface area (Å²) in [6, 6.07) is 9.95. The number of nitrogens with one attached hydrogen (secondary N) is 2. The van der Waals surface area contributed by atoms with E-state index < -0.39 is 5.82 Å². The van der Waals surface area contributed by atoms with Gasteiger partial charge in [-0.3, -0.25) is 5.32 Å². The van der Waals surface area contributed by atoms with E-state index in [9.17, 15) is 4.79 Å². The fourth-order valence-electron chi connectivity index (χ4n) is 2.66. The van der Waals surface area contributed by atoms with E-state index in [1.54, 1.807) is 36.4 Å². The van der Waals surface area contributed by atoms with Crippen LogP contribution in [0.3, 0.4) is 0 Å². The summed E-state index contributed by atoms with van der Waals surface area (Å²) in [6.45, 7) is 2.32. The van der Waals surface area contributed by atoms with E-state index in [1.165, 1.54) is 18.4 Å². The second kappa shape index (κ2) is 8.99. The summed E-state index contributed by atoms with van der Waals surface area (Å²) in [5.41, 5.74) is 1.41. The van der Waals surface area contributed by atoms with E-state index in [0.29, 0.717) is 44.1 Å². The lowest BCUT2D eigenvalue weighted by atomic mass is 9.99. The fraction of sp³-hybridized carbons (Fsp3) is 0.211. The van der Waals surface area contributed by atoms with Crippen LogP contribution in [0.2, 0.25) is 5.02 Å². The first-order valence-electron chi connectivity index (χ1n) is 8.50. The van der Waals surface area contributed by atoms with Crippen molar-refractivity contribution in [1.82, 2.24) is 15.5 Å². The molecule has 0 radical (unpaired) electrons. The molecular weight excluding hydrogens is 403 g/mol. The molecule has 3 aromatic rings. The molecule has 1 heterocycles. The summed E-state index contributed by atoms with van der Waals surface area (Å²) >= 11 is 7.25. The number of hydrogen-bond acceptors (Lipinski definition) is 5. The van der Waals surface area contributed by atoms with Gasteiger partial charge in [-0.25, -0.2) is 9.18 Å². The number of amides is 2. The monoisotopic (exact) mass is 420 g/mol. The molecule has 1 aromatic heterocycles. The zero-order valence-electron chi connectivity index (χ0n) is 15.3. The number of carbonyl (C=O) groups excluding carboxylic acids is 1. The topological polar surface area (TPSA) is 76.1 Å². The highest BCUT2D eigenvalue weighted by molar-refractivity contribution is 7.15. The zero-order valence-corrected chi connectivity index (χ0v) is 16.8. The highest BCUT2D eigenvalue weighted by Gasteiger charge is 2.18. The van der Waals surface area contributed by atoms with Crippen molar-refractivity contribution in [2.75, 3.05) is 19.0 Å². The van der Waals surface area contributed by atoms with Crippen molar-refractivity contribution >= 4 is 34.1 Å². The predicted octanol–water partition coefficient (Wildman–Crippen LogP) is 4.74. The number of hydrogen-bond donors (Lipinski definition) is 2. The van der Waals surface area contributed by atoms with Crippen LogP contribution in [-0.2, 0) is 6.42 Å². The Morgan fingerprint density at radius 3 is 2.82 bits per heavy atom. The summed E-state index contributed by atoms with van der Waals surface area (Å²) < 4.78 is 20.6. The van der Waals surface area contributed by atoms with E-state index in [2.05, 4.69) is 20.8 Å². The number of nitrogens with zero attached hydrogens (tertiary/aromatic N) is 2. The van der Waals surface area contributed by atoms with Gasteiger partial charge in [0.05, 0.1) is 12.7 Å². The minimum absolute atomic E-state index is 0.234. The number of rotatable bonds is 6. The van der Waals surface area contributed by atoms with Crippen molar-refractivity contribution < 1.29 is 13.9 Å². The Morgan fingerprint density at radius 1 is 1.29 bits per heavy atom. The van der Waals surface area contributed by atoms with Crippen LogP contribution in [0.1, 0.15) is 17.5 Å². The SMILES string of the molecule is CCNC(=O)Nc1nnc(Cc2ccc(OC)c(-c3cccc(Cl)c3)c2F)s1. The van der Waals surface area contributed by atoms with Crippen LogP contribution < -0.4 is 15.4 Å². The maximum Gasteiger partial charge on any atom is 0.321 e. The normalized spacial score (nSPS) is 10.6. The second-order valence-electron chi connectivity index (χ2n) is 5.79. The summed E-state index contributed by atoms with van der Waals surface area (Å²) in [4.78, 5) is 11.6. The van der Waals surface area contributed by atoms with Crippen LogP contribution in [-0.4, -0.2) is 29.9 Å². The molecule has 6 nitrogen and oxygen atoms in total. The number of halogens is 2. The quantitative estimate of drug-likeness (QED) is 0.604. The predicted molar refractivity (Wildman–Crippen MR) is 109 cm³/mol. The van der Waals surface area contributed by atoms with Crippen molar-refractivity contribution in [3.63, 3.8) is 0 Å². The number of aromatic nitrogens is 2. The number of ether oxygens (including phenoxy) is 1. The molecule has 0 saturated carbocycles. The Kier molecular flexibility index (Phi) is 6.43. The van der Waals surface area contributed by atoms with Gasteiger partial charge >= 0.3 is 6.03 Å². The Bertz CT molecular complexity index is 996. The molecule has 0 unspecified atom stereocenters. The van der Waals surface area contributed by atoms with Gasteiger partial charge in [0.1, 0.15) is 16.6 Å². The van der Waals surface area contributed by atoms with Crippen LogP contribution >= 0.6 is 22.9 Å². The summed E-state index contributed by atoms with van der Waals surface area (Å²) in [6.07, 6.45) is 0.234. The van der Waals surface area contributed by atoms with E-state index in [0.717, 1.165) is 0 Å². The maximum absolute atomic E-state index is 15.3. The van der Waals surface area contributed by atoms with Crippen LogP contribution in [0.25, 0.3) is 11.1 Å². The van der Waals surface area contributed by atoms with Gasteiger partial charge in [-0.2, -0.15) is 0 Å². The molecule has 3 rings (SSSR count). The first-order valence-corrected chi connectivity index (χ1v) is 9.69. The Morgan fingerprint density at radius 2 is 2.11 bits per heavy atom. The molecule has 2 N–H and O–H groups in total. The van der Waals surface area contributed by atoms with E-state index in [4.69, 9.17) is 16.3 Å². The lowest BCUT2D eigenvalue weighted by Crippen LogP contribution is -2.28. The molecule has 0 aliphatic carbocycles. The van der Waals surface area contributed by atoms with Gasteiger partial charge in [0, 0.05) is 18.0 Å². The van der Waals surface area contributed by atoms with Gasteiger partial charge in [0.2, 0.25) is 5.13 Å². The van der Waals surface area contributed by atoms with Crippen molar-refractivity contribution in [1.29, 1.82) is 0 Å². The Balaban J connectivity index is 1.89. The highest BCUT2D eigenvalue weighted by atomic mass is 35.5. The largest absolute Gasteiger partial charge is 0.496 e. The van der Waals surface area contributed by atoms with Gasteiger partial charge < -0.3 is 10.1 Å². The molecule has 0 spiro atoms. The first kappa shape index (κ1) is 20.0. The first-order chi connectivity index (χ1) is 13.5. The van der Waals surface area contributed by atoms with Crippen LogP contribution in [0.4, 0.5) is 14.3 Å². The van der Waals surface area contributed by atoms with Crippen LogP contribution in [0.15, 0.2) is 36.4 Å². The van der Waals surface area contributed by atoms with Gasteiger partial charge in [-0.1, -0.05) is 41.1 Å². The third kappa shape index (κ3) is 4.58. The third-order valence-electron chi connectivity index (χ3n) is 3.88. The summed E-state index contributed by atoms with van der Waals surface area (Å²) in [5.74, 6) is 0.00873. The van der Waals surface area contributed by atoms with Crippen LogP contribution in [0, 0.1) is 5.82 Å². The van der Waals surface area contributed by atoms with E-state index in [-0.39, 0.29) is 12.5 Å². The molecule has 0 bridgehead atoms. The molecule has 0 atom stereocenters. The zero-order chi connectivity index (χ0) is 20.1. The molecule has 0 fully saturated rings. The highest BCUT2D eigenvalue weighted by Crippen LogP contribution is 2.36. The van der Waals surface area contributed by atoms with Gasteiger partial charge in [0.25, 0.3) is 0 Å². The lowest BCUT2D eigenvalue weighted by Gasteiger charge is -2.13. The Labute approximate surface area is 170 Å². The smallest absolute Gasteiger partial charge is 0.321 e.